The van der Waals surface area contributed by atoms with Crippen LogP contribution in [0.2, 0.25) is 0 Å². The first kappa shape index (κ1) is 13.8. The summed E-state index contributed by atoms with van der Waals surface area (Å²) in [5.41, 5.74) is 10.3. The predicted octanol–water partition coefficient (Wildman–Crippen LogP) is 2.96. The van der Waals surface area contributed by atoms with Crippen LogP contribution in [0.5, 0.6) is 0 Å². The van der Waals surface area contributed by atoms with E-state index in [9.17, 15) is 0 Å². The Morgan fingerprint density at radius 2 is 1.95 bits per heavy atom. The second-order valence-electron chi connectivity index (χ2n) is 6.17. The SMILES string of the molecule is Cn1cc(CC(N)c2ccccc2C(C)(C)C)cn1. The number of hydrogen-bond acceptors (Lipinski definition) is 2. The maximum Gasteiger partial charge on any atom is 0.0522 e. The molecule has 0 aliphatic rings. The molecule has 0 saturated carbocycles. The van der Waals surface area contributed by atoms with Crippen LogP contribution in [-0.2, 0) is 18.9 Å². The van der Waals surface area contributed by atoms with Gasteiger partial charge in [-0.05, 0) is 28.5 Å². The maximum atomic E-state index is 6.40. The van der Waals surface area contributed by atoms with Crippen LogP contribution >= 0.6 is 0 Å². The Bertz CT molecular complexity index is 549. The number of nitrogens with two attached hydrogens (primary N) is 1. The van der Waals surface area contributed by atoms with Crippen LogP contribution in [0.3, 0.4) is 0 Å². The minimum absolute atomic E-state index is 0.0135. The predicted molar refractivity (Wildman–Crippen MR) is 79.0 cm³/mol. The highest BCUT2D eigenvalue weighted by Crippen LogP contribution is 2.29. The topological polar surface area (TPSA) is 43.8 Å². The molecule has 0 fully saturated rings. The van der Waals surface area contributed by atoms with Gasteiger partial charge in [0.2, 0.25) is 0 Å². The summed E-state index contributed by atoms with van der Waals surface area (Å²) >= 11 is 0. The molecule has 1 unspecified atom stereocenters. The van der Waals surface area contributed by atoms with Crippen molar-refractivity contribution in [2.24, 2.45) is 12.8 Å². The van der Waals surface area contributed by atoms with Crippen molar-refractivity contribution in [3.8, 4) is 0 Å². The van der Waals surface area contributed by atoms with Gasteiger partial charge in [-0.1, -0.05) is 45.0 Å². The van der Waals surface area contributed by atoms with Gasteiger partial charge in [-0.25, -0.2) is 0 Å². The van der Waals surface area contributed by atoms with Crippen molar-refractivity contribution in [1.29, 1.82) is 0 Å². The van der Waals surface area contributed by atoms with Gasteiger partial charge in [-0.15, -0.1) is 0 Å². The molecule has 3 heteroatoms. The molecule has 19 heavy (non-hydrogen) atoms. The average molecular weight is 257 g/mol. The van der Waals surface area contributed by atoms with Crippen molar-refractivity contribution >= 4 is 0 Å². The number of aromatic nitrogens is 2. The van der Waals surface area contributed by atoms with Crippen LogP contribution in [-0.4, -0.2) is 9.78 Å². The van der Waals surface area contributed by atoms with E-state index >= 15 is 0 Å². The number of aryl methyl sites for hydroxylation is 1. The fourth-order valence-corrected chi connectivity index (χ4v) is 2.44. The largest absolute Gasteiger partial charge is 0.324 e. The van der Waals surface area contributed by atoms with Gasteiger partial charge >= 0.3 is 0 Å². The molecule has 102 valence electrons. The summed E-state index contributed by atoms with van der Waals surface area (Å²) in [5.74, 6) is 0. The van der Waals surface area contributed by atoms with Crippen molar-refractivity contribution in [3.05, 3.63) is 53.3 Å². The van der Waals surface area contributed by atoms with Crippen molar-refractivity contribution in [1.82, 2.24) is 9.78 Å². The van der Waals surface area contributed by atoms with Crippen LogP contribution in [0.1, 0.15) is 43.5 Å². The maximum absolute atomic E-state index is 6.40. The quantitative estimate of drug-likeness (QED) is 0.918. The van der Waals surface area contributed by atoms with Crippen molar-refractivity contribution in [3.63, 3.8) is 0 Å². The first-order valence-corrected chi connectivity index (χ1v) is 6.70. The van der Waals surface area contributed by atoms with E-state index in [2.05, 4.69) is 50.1 Å². The van der Waals surface area contributed by atoms with Gasteiger partial charge in [-0.3, -0.25) is 4.68 Å². The van der Waals surface area contributed by atoms with Gasteiger partial charge in [0.15, 0.2) is 0 Å². The first-order chi connectivity index (χ1) is 8.88. The summed E-state index contributed by atoms with van der Waals surface area (Å²) in [5, 5.41) is 4.20. The average Bonchev–Trinajstić information content (AvgIpc) is 2.73. The Balaban J connectivity index is 2.26. The van der Waals surface area contributed by atoms with Crippen LogP contribution in [0.25, 0.3) is 0 Å². The Kier molecular flexibility index (Phi) is 3.76. The monoisotopic (exact) mass is 257 g/mol. The second-order valence-corrected chi connectivity index (χ2v) is 6.17. The zero-order valence-corrected chi connectivity index (χ0v) is 12.2. The molecular formula is C16H23N3. The van der Waals surface area contributed by atoms with E-state index in [0.717, 1.165) is 6.42 Å². The summed E-state index contributed by atoms with van der Waals surface area (Å²) < 4.78 is 1.82. The molecule has 0 bridgehead atoms. The zero-order chi connectivity index (χ0) is 14.0. The van der Waals surface area contributed by atoms with Crippen molar-refractivity contribution in [2.75, 3.05) is 0 Å². The summed E-state index contributed by atoms with van der Waals surface area (Å²) in [7, 11) is 1.93. The Morgan fingerprint density at radius 1 is 1.26 bits per heavy atom. The third-order valence-corrected chi connectivity index (χ3v) is 3.38. The molecule has 1 aromatic carbocycles. The molecule has 0 saturated heterocycles. The molecular weight excluding hydrogens is 234 g/mol. The summed E-state index contributed by atoms with van der Waals surface area (Å²) in [6.07, 6.45) is 4.74. The summed E-state index contributed by atoms with van der Waals surface area (Å²) in [4.78, 5) is 0. The van der Waals surface area contributed by atoms with Gasteiger partial charge in [0.1, 0.15) is 0 Å². The third kappa shape index (κ3) is 3.24. The lowest BCUT2D eigenvalue weighted by Gasteiger charge is -2.25. The number of nitrogens with zero attached hydrogens (tertiary/aromatic N) is 2. The van der Waals surface area contributed by atoms with Crippen molar-refractivity contribution < 1.29 is 0 Å². The molecule has 0 amide bonds. The molecule has 1 atom stereocenters. The highest BCUT2D eigenvalue weighted by molar-refractivity contribution is 5.35. The number of hydrogen-bond donors (Lipinski definition) is 1. The van der Waals surface area contributed by atoms with Gasteiger partial charge in [-0.2, -0.15) is 5.10 Å². The van der Waals surface area contributed by atoms with Gasteiger partial charge < -0.3 is 5.73 Å². The van der Waals surface area contributed by atoms with Gasteiger partial charge in [0.05, 0.1) is 6.20 Å². The molecule has 3 nitrogen and oxygen atoms in total. The smallest absolute Gasteiger partial charge is 0.0522 e. The van der Waals surface area contributed by atoms with Gasteiger partial charge in [0, 0.05) is 19.3 Å². The lowest BCUT2D eigenvalue weighted by atomic mass is 9.81. The highest BCUT2D eigenvalue weighted by Gasteiger charge is 2.20. The minimum atomic E-state index is 0.0135. The third-order valence-electron chi connectivity index (χ3n) is 3.38. The van der Waals surface area contributed by atoms with Crippen LogP contribution in [0.15, 0.2) is 36.7 Å². The standard InChI is InChI=1S/C16H23N3/c1-16(2,3)14-8-6-5-7-13(14)15(17)9-12-10-18-19(4)11-12/h5-8,10-11,15H,9,17H2,1-4H3. The molecule has 2 N–H and O–H groups in total. The van der Waals surface area contributed by atoms with Crippen LogP contribution < -0.4 is 5.73 Å². The lowest BCUT2D eigenvalue weighted by molar-refractivity contribution is 0.568. The molecule has 2 rings (SSSR count). The molecule has 0 radical (unpaired) electrons. The lowest BCUT2D eigenvalue weighted by Crippen LogP contribution is -2.21. The van der Waals surface area contributed by atoms with Crippen LogP contribution in [0, 0.1) is 0 Å². The summed E-state index contributed by atoms with van der Waals surface area (Å²) in [6, 6.07) is 8.48. The van der Waals surface area contributed by atoms with E-state index in [-0.39, 0.29) is 11.5 Å². The zero-order valence-electron chi connectivity index (χ0n) is 12.2. The second kappa shape index (κ2) is 5.17. The molecule has 1 aromatic heterocycles. The summed E-state index contributed by atoms with van der Waals surface area (Å²) in [6.45, 7) is 6.67. The molecule has 0 aliphatic carbocycles. The Morgan fingerprint density at radius 3 is 2.53 bits per heavy atom. The Hall–Kier alpha value is -1.61. The van der Waals surface area contributed by atoms with E-state index in [1.807, 2.05) is 24.1 Å². The molecule has 2 aromatic rings. The highest BCUT2D eigenvalue weighted by atomic mass is 15.2. The van der Waals surface area contributed by atoms with Crippen molar-refractivity contribution in [2.45, 2.75) is 38.6 Å². The molecule has 1 heterocycles. The minimum Gasteiger partial charge on any atom is -0.324 e. The Labute approximate surface area is 115 Å². The first-order valence-electron chi connectivity index (χ1n) is 6.70. The van der Waals surface area contributed by atoms with E-state index < -0.39 is 0 Å². The normalized spacial score (nSPS) is 13.5. The van der Waals surface area contributed by atoms with E-state index in [0.29, 0.717) is 0 Å². The van der Waals surface area contributed by atoms with E-state index in [1.54, 1.807) is 0 Å². The fourth-order valence-electron chi connectivity index (χ4n) is 2.44. The molecule has 0 aliphatic heterocycles. The van der Waals surface area contributed by atoms with E-state index in [1.165, 1.54) is 16.7 Å². The fraction of sp³-hybridized carbons (Fsp3) is 0.438. The number of benzene rings is 1. The van der Waals surface area contributed by atoms with E-state index in [4.69, 9.17) is 5.73 Å². The van der Waals surface area contributed by atoms with Gasteiger partial charge in [0.25, 0.3) is 0 Å². The number of rotatable bonds is 3. The molecule has 0 spiro atoms. The van der Waals surface area contributed by atoms with Crippen LogP contribution in [0.4, 0.5) is 0 Å².